The van der Waals surface area contributed by atoms with Gasteiger partial charge in [0.1, 0.15) is 5.69 Å². The average molecular weight is 188 g/mol. The molecule has 64 valence electrons. The molecule has 12 heavy (non-hydrogen) atoms. The highest BCUT2D eigenvalue weighted by Gasteiger charge is 2.05. The molecule has 0 aromatic carbocycles. The highest BCUT2D eigenvalue weighted by Crippen LogP contribution is 2.08. The first kappa shape index (κ1) is 9.13. The average Bonchev–Trinajstić information content (AvgIpc) is 2.03. The zero-order valence-corrected chi connectivity index (χ0v) is 7.23. The molecule has 1 aromatic rings. The molecule has 2 nitrogen and oxygen atoms in total. The van der Waals surface area contributed by atoms with Crippen LogP contribution < -0.4 is 0 Å². The van der Waals surface area contributed by atoms with E-state index in [1.165, 1.54) is 19.1 Å². The van der Waals surface area contributed by atoms with E-state index < -0.39 is 5.95 Å². The van der Waals surface area contributed by atoms with E-state index in [-0.39, 0.29) is 17.4 Å². The molecule has 0 fully saturated rings. The fourth-order valence-corrected chi connectivity index (χ4v) is 0.962. The Balaban J connectivity index is 3.15. The second kappa shape index (κ2) is 3.63. The molecule has 1 rings (SSSR count). The van der Waals surface area contributed by atoms with Crippen LogP contribution in [0.3, 0.4) is 0 Å². The fourth-order valence-electron chi connectivity index (χ4n) is 0.807. The summed E-state index contributed by atoms with van der Waals surface area (Å²) in [5.74, 6) is -0.751. The van der Waals surface area contributed by atoms with Gasteiger partial charge in [-0.25, -0.2) is 4.98 Å². The van der Waals surface area contributed by atoms with Crippen molar-refractivity contribution in [1.29, 1.82) is 0 Å². The predicted octanol–water partition coefficient (Wildman–Crippen LogP) is 2.16. The molecule has 4 heteroatoms. The first-order chi connectivity index (χ1) is 5.63. The Kier molecular flexibility index (Phi) is 2.76. The van der Waals surface area contributed by atoms with Gasteiger partial charge in [-0.2, -0.15) is 4.39 Å². The summed E-state index contributed by atoms with van der Waals surface area (Å²) in [4.78, 5) is 14.2. The molecule has 1 aromatic heterocycles. The summed E-state index contributed by atoms with van der Waals surface area (Å²) in [5, 5.41) is 0. The number of nitrogens with zero attached hydrogens (tertiary/aromatic N) is 1. The van der Waals surface area contributed by atoms with Crippen molar-refractivity contribution in [3.05, 3.63) is 29.3 Å². The van der Waals surface area contributed by atoms with Crippen LogP contribution in [0.1, 0.15) is 23.0 Å². The summed E-state index contributed by atoms with van der Waals surface area (Å²) in [6.45, 7) is 1.33. The Morgan fingerprint density at radius 2 is 2.33 bits per heavy atom. The maximum Gasteiger partial charge on any atom is 0.213 e. The van der Waals surface area contributed by atoms with Gasteiger partial charge in [0.15, 0.2) is 5.78 Å². The predicted molar refractivity (Wildman–Crippen MR) is 43.8 cm³/mol. The van der Waals surface area contributed by atoms with E-state index in [1.54, 1.807) is 0 Å². The van der Waals surface area contributed by atoms with E-state index in [9.17, 15) is 9.18 Å². The number of Topliss-reactive ketones (excluding diaryl/α,β-unsaturated/α-hetero) is 1. The number of carbonyl (C=O) groups is 1. The van der Waals surface area contributed by atoms with E-state index in [1.807, 2.05) is 0 Å². The van der Waals surface area contributed by atoms with Crippen molar-refractivity contribution in [3.8, 4) is 0 Å². The summed E-state index contributed by atoms with van der Waals surface area (Å²) in [6.07, 6.45) is 0. The first-order valence-electron chi connectivity index (χ1n) is 3.37. The van der Waals surface area contributed by atoms with Crippen LogP contribution in [0, 0.1) is 5.95 Å². The van der Waals surface area contributed by atoms with E-state index in [0.29, 0.717) is 5.56 Å². The Morgan fingerprint density at radius 1 is 1.67 bits per heavy atom. The van der Waals surface area contributed by atoms with Crippen molar-refractivity contribution in [2.24, 2.45) is 0 Å². The van der Waals surface area contributed by atoms with Crippen LogP contribution in [0.4, 0.5) is 4.39 Å². The minimum absolute atomic E-state index is 0.116. The first-order valence-corrected chi connectivity index (χ1v) is 3.90. The highest BCUT2D eigenvalue weighted by atomic mass is 35.5. The van der Waals surface area contributed by atoms with E-state index in [0.717, 1.165) is 0 Å². The lowest BCUT2D eigenvalue weighted by Gasteiger charge is -1.98. The minimum Gasteiger partial charge on any atom is -0.293 e. The topological polar surface area (TPSA) is 30.0 Å². The van der Waals surface area contributed by atoms with E-state index >= 15 is 0 Å². The van der Waals surface area contributed by atoms with Crippen molar-refractivity contribution >= 4 is 17.4 Å². The lowest BCUT2D eigenvalue weighted by atomic mass is 10.2. The molecule has 0 radical (unpaired) electrons. The lowest BCUT2D eigenvalue weighted by Crippen LogP contribution is -2.00. The van der Waals surface area contributed by atoms with Crippen molar-refractivity contribution in [1.82, 2.24) is 4.98 Å². The van der Waals surface area contributed by atoms with E-state index in [4.69, 9.17) is 11.6 Å². The Hall–Kier alpha value is -0.960. The molecule has 0 unspecified atom stereocenters. The van der Waals surface area contributed by atoms with Crippen LogP contribution in [0.25, 0.3) is 0 Å². The largest absolute Gasteiger partial charge is 0.293 e. The molecule has 0 bridgehead atoms. The molecule has 0 aliphatic carbocycles. The van der Waals surface area contributed by atoms with Gasteiger partial charge in [-0.05, 0) is 17.7 Å². The molecule has 0 spiro atoms. The SMILES string of the molecule is CC(=O)c1cc(CCl)cc(F)n1. The van der Waals surface area contributed by atoms with Crippen LogP contribution in [0.15, 0.2) is 12.1 Å². The van der Waals surface area contributed by atoms with Crippen LogP contribution in [-0.2, 0) is 5.88 Å². The second-order valence-electron chi connectivity index (χ2n) is 2.37. The summed E-state index contributed by atoms with van der Waals surface area (Å²) >= 11 is 5.47. The summed E-state index contributed by atoms with van der Waals surface area (Å²) in [5.41, 5.74) is 0.681. The molecule has 0 aliphatic rings. The number of carbonyl (C=O) groups excluding carboxylic acids is 1. The Bertz CT molecular complexity index is 314. The molecule has 1 heterocycles. The van der Waals surface area contributed by atoms with Crippen molar-refractivity contribution in [3.63, 3.8) is 0 Å². The molecule has 0 aliphatic heterocycles. The Morgan fingerprint density at radius 3 is 2.83 bits per heavy atom. The summed E-state index contributed by atoms with van der Waals surface area (Å²) in [7, 11) is 0. The number of hydrogen-bond acceptors (Lipinski definition) is 2. The van der Waals surface area contributed by atoms with Crippen molar-refractivity contribution < 1.29 is 9.18 Å². The number of pyridine rings is 1. The third-order valence-corrected chi connectivity index (χ3v) is 1.68. The van der Waals surface area contributed by atoms with Gasteiger partial charge in [-0.3, -0.25) is 4.79 Å². The smallest absolute Gasteiger partial charge is 0.213 e. The summed E-state index contributed by atoms with van der Waals surface area (Å²) < 4.78 is 12.7. The molecule has 0 amide bonds. The quantitative estimate of drug-likeness (QED) is 0.404. The zero-order chi connectivity index (χ0) is 9.14. The maximum atomic E-state index is 12.7. The molecule has 0 N–H and O–H groups in total. The molecule has 0 saturated carbocycles. The van der Waals surface area contributed by atoms with Crippen LogP contribution >= 0.6 is 11.6 Å². The third-order valence-electron chi connectivity index (χ3n) is 1.37. The summed E-state index contributed by atoms with van der Waals surface area (Å²) in [6, 6.07) is 2.69. The van der Waals surface area contributed by atoms with Gasteiger partial charge in [0, 0.05) is 12.8 Å². The van der Waals surface area contributed by atoms with Crippen LogP contribution in [0.2, 0.25) is 0 Å². The van der Waals surface area contributed by atoms with Gasteiger partial charge in [-0.1, -0.05) is 0 Å². The number of halogens is 2. The van der Waals surface area contributed by atoms with E-state index in [2.05, 4.69) is 4.98 Å². The van der Waals surface area contributed by atoms with Gasteiger partial charge in [-0.15, -0.1) is 11.6 Å². The molecule has 0 saturated heterocycles. The van der Waals surface area contributed by atoms with Crippen molar-refractivity contribution in [2.45, 2.75) is 12.8 Å². The van der Waals surface area contributed by atoms with Gasteiger partial charge in [0.25, 0.3) is 0 Å². The highest BCUT2D eigenvalue weighted by molar-refractivity contribution is 6.17. The number of hydrogen-bond donors (Lipinski definition) is 0. The number of alkyl halides is 1. The second-order valence-corrected chi connectivity index (χ2v) is 2.64. The number of ketones is 1. The zero-order valence-electron chi connectivity index (χ0n) is 6.47. The normalized spacial score (nSPS) is 9.92. The monoisotopic (exact) mass is 187 g/mol. The Labute approximate surface area is 74.4 Å². The lowest BCUT2D eigenvalue weighted by molar-refractivity contribution is 0.101. The fraction of sp³-hybridized carbons (Fsp3) is 0.250. The van der Waals surface area contributed by atoms with Crippen molar-refractivity contribution in [2.75, 3.05) is 0 Å². The molecular weight excluding hydrogens is 181 g/mol. The van der Waals surface area contributed by atoms with Gasteiger partial charge in [0.05, 0.1) is 0 Å². The van der Waals surface area contributed by atoms with Crippen LogP contribution in [0.5, 0.6) is 0 Å². The molecule has 0 atom stereocenters. The third kappa shape index (κ3) is 2.01. The van der Waals surface area contributed by atoms with Gasteiger partial charge < -0.3 is 0 Å². The maximum absolute atomic E-state index is 12.7. The molecular formula is C8H7ClFNO. The van der Waals surface area contributed by atoms with Gasteiger partial charge >= 0.3 is 0 Å². The minimum atomic E-state index is -0.668. The standard InChI is InChI=1S/C8H7ClFNO/c1-5(12)7-2-6(4-9)3-8(10)11-7/h2-3H,4H2,1H3. The van der Waals surface area contributed by atoms with Crippen LogP contribution in [-0.4, -0.2) is 10.8 Å². The number of aromatic nitrogens is 1. The number of rotatable bonds is 2. The van der Waals surface area contributed by atoms with Gasteiger partial charge in [0.2, 0.25) is 5.95 Å².